The number of pyridine rings is 3. The number of halogens is 3. The Balaban J connectivity index is 1.34. The monoisotopic (exact) mass is 681 g/mol. The maximum atomic E-state index is 15.6. The van der Waals surface area contributed by atoms with E-state index in [4.69, 9.17) is 27.9 Å². The van der Waals surface area contributed by atoms with E-state index in [9.17, 15) is 9.90 Å². The van der Waals surface area contributed by atoms with Crippen molar-refractivity contribution < 1.29 is 19.0 Å². The Morgan fingerprint density at radius 1 is 1.04 bits per heavy atom. The molecule has 1 fully saturated rings. The molecule has 0 aliphatic carbocycles. The topological polar surface area (TPSA) is 125 Å². The lowest BCUT2D eigenvalue weighted by Gasteiger charge is -2.31. The van der Waals surface area contributed by atoms with Crippen LogP contribution < -0.4 is 20.7 Å². The van der Waals surface area contributed by atoms with E-state index in [0.717, 1.165) is 18.4 Å². The van der Waals surface area contributed by atoms with Gasteiger partial charge in [-0.25, -0.2) is 14.4 Å². The number of methoxy groups -OCH3 is 1. The first-order valence-corrected chi connectivity index (χ1v) is 16.2. The molecule has 1 atom stereocenters. The lowest BCUT2D eigenvalue weighted by atomic mass is 10.0. The second kappa shape index (κ2) is 15.8. The molecule has 4 aromatic rings. The summed E-state index contributed by atoms with van der Waals surface area (Å²) in [4.78, 5) is 26.9. The second-order valence-electron chi connectivity index (χ2n) is 11.5. The minimum Gasteiger partial charge on any atom is -0.481 e. The quantitative estimate of drug-likeness (QED) is 0.143. The van der Waals surface area contributed by atoms with Gasteiger partial charge >= 0.3 is 0 Å². The van der Waals surface area contributed by atoms with Gasteiger partial charge in [-0.15, -0.1) is 0 Å². The van der Waals surface area contributed by atoms with Crippen molar-refractivity contribution in [3.05, 3.63) is 81.8 Å². The number of anilines is 2. The third kappa shape index (κ3) is 8.35. The fraction of sp³-hybridized carbons (Fsp3) is 0.353. The number of aromatic nitrogens is 3. The molecule has 13 heteroatoms. The van der Waals surface area contributed by atoms with Crippen LogP contribution in [0.4, 0.5) is 15.9 Å². The summed E-state index contributed by atoms with van der Waals surface area (Å²) in [6.45, 7) is 5.91. The normalized spacial score (nSPS) is 14.2. The zero-order valence-electron chi connectivity index (χ0n) is 26.5. The molecule has 1 unspecified atom stereocenters. The van der Waals surface area contributed by atoms with E-state index in [2.05, 4.69) is 30.9 Å². The third-order valence-electron chi connectivity index (χ3n) is 8.05. The fourth-order valence-corrected chi connectivity index (χ4v) is 6.05. The number of benzene rings is 1. The van der Waals surface area contributed by atoms with Gasteiger partial charge in [0.25, 0.3) is 0 Å². The van der Waals surface area contributed by atoms with Crippen LogP contribution in [-0.4, -0.2) is 69.8 Å². The molecule has 3 aromatic heterocycles. The summed E-state index contributed by atoms with van der Waals surface area (Å²) in [6, 6.07) is 12.6. The summed E-state index contributed by atoms with van der Waals surface area (Å²) in [5, 5.41) is 19.8. The van der Waals surface area contributed by atoms with Gasteiger partial charge in [-0.05, 0) is 44.0 Å². The molecule has 10 nitrogen and oxygen atoms in total. The molecule has 1 aliphatic heterocycles. The number of carbonyl (C=O) groups is 1. The van der Waals surface area contributed by atoms with Crippen LogP contribution in [0.3, 0.4) is 0 Å². The van der Waals surface area contributed by atoms with Crippen LogP contribution in [0, 0.1) is 5.82 Å². The Kier molecular flexibility index (Phi) is 11.6. The van der Waals surface area contributed by atoms with Crippen molar-refractivity contribution in [2.45, 2.75) is 51.9 Å². The molecule has 0 bridgehead atoms. The van der Waals surface area contributed by atoms with Gasteiger partial charge in [-0.1, -0.05) is 41.4 Å². The molecule has 4 N–H and O–H groups in total. The number of nitrogens with zero attached hydrogens (tertiary/aromatic N) is 4. The number of likely N-dealkylation sites (tertiary alicyclic amines) is 1. The van der Waals surface area contributed by atoms with Gasteiger partial charge in [0, 0.05) is 80.3 Å². The first-order valence-electron chi connectivity index (χ1n) is 15.4. The van der Waals surface area contributed by atoms with E-state index in [1.165, 1.54) is 0 Å². The fourth-order valence-electron chi connectivity index (χ4n) is 5.47. The summed E-state index contributed by atoms with van der Waals surface area (Å²) in [5.74, 6) is 0.0754. The Hall–Kier alpha value is -3.87. The van der Waals surface area contributed by atoms with E-state index in [1.807, 2.05) is 17.0 Å². The number of rotatable bonds is 12. The van der Waals surface area contributed by atoms with Crippen LogP contribution in [0.5, 0.6) is 5.88 Å². The molecule has 5 rings (SSSR count). The van der Waals surface area contributed by atoms with E-state index in [-0.39, 0.29) is 17.8 Å². The largest absolute Gasteiger partial charge is 0.481 e. The highest BCUT2D eigenvalue weighted by molar-refractivity contribution is 6.39. The number of aliphatic hydroxyl groups excluding tert-OH is 1. The molecule has 248 valence electrons. The van der Waals surface area contributed by atoms with Gasteiger partial charge in [-0.3, -0.25) is 9.78 Å². The molecule has 4 heterocycles. The van der Waals surface area contributed by atoms with Gasteiger partial charge in [-0.2, -0.15) is 0 Å². The number of hydrogen-bond acceptors (Lipinski definition) is 9. The van der Waals surface area contributed by atoms with Crippen molar-refractivity contribution in [3.63, 3.8) is 0 Å². The minimum absolute atomic E-state index is 0.0434. The Morgan fingerprint density at radius 3 is 2.53 bits per heavy atom. The van der Waals surface area contributed by atoms with E-state index >= 15 is 4.39 Å². The van der Waals surface area contributed by atoms with Crippen molar-refractivity contribution in [2.75, 3.05) is 32.1 Å². The summed E-state index contributed by atoms with van der Waals surface area (Å²) in [5.41, 5.74) is 3.94. The van der Waals surface area contributed by atoms with Crippen LogP contribution in [0.2, 0.25) is 10.0 Å². The number of hydrogen-bond donors (Lipinski definition) is 4. The third-order valence-corrected chi connectivity index (χ3v) is 8.84. The first kappa shape index (κ1) is 34.5. The summed E-state index contributed by atoms with van der Waals surface area (Å²) in [7, 11) is 1.55. The highest BCUT2D eigenvalue weighted by Crippen LogP contribution is 2.41. The SMILES string of the molecule is COc1nc(-c2ccnc(-c3cccc(Nc4nccc(CNC5CCN(C(C)=O)CC5)c4F)c3Cl)c2Cl)ccc1CNCC(C)O. The van der Waals surface area contributed by atoms with Crippen LogP contribution in [0.15, 0.2) is 54.9 Å². The molecule has 1 aromatic carbocycles. The van der Waals surface area contributed by atoms with Crippen molar-refractivity contribution in [1.82, 2.24) is 30.5 Å². The van der Waals surface area contributed by atoms with E-state index in [0.29, 0.717) is 82.4 Å². The summed E-state index contributed by atoms with van der Waals surface area (Å²) >= 11 is 13.8. The highest BCUT2D eigenvalue weighted by Gasteiger charge is 2.22. The van der Waals surface area contributed by atoms with Crippen molar-refractivity contribution >= 4 is 40.6 Å². The number of carbonyl (C=O) groups excluding carboxylic acids is 1. The average Bonchev–Trinajstić information content (AvgIpc) is 3.06. The number of aliphatic hydroxyl groups is 1. The van der Waals surface area contributed by atoms with Crippen LogP contribution in [-0.2, 0) is 17.9 Å². The van der Waals surface area contributed by atoms with E-state index in [1.54, 1.807) is 63.7 Å². The molecule has 0 spiro atoms. The Morgan fingerprint density at radius 2 is 1.81 bits per heavy atom. The van der Waals surface area contributed by atoms with Crippen molar-refractivity contribution in [3.8, 4) is 28.4 Å². The number of ether oxygens (including phenoxy) is 1. The van der Waals surface area contributed by atoms with Crippen molar-refractivity contribution in [2.24, 2.45) is 0 Å². The molecular weight excluding hydrogens is 644 g/mol. The maximum absolute atomic E-state index is 15.6. The van der Waals surface area contributed by atoms with Gasteiger partial charge in [0.05, 0.1) is 40.3 Å². The number of piperidine rings is 1. The second-order valence-corrected chi connectivity index (χ2v) is 12.2. The van der Waals surface area contributed by atoms with Gasteiger partial charge in [0.2, 0.25) is 11.8 Å². The first-order chi connectivity index (χ1) is 22.7. The highest BCUT2D eigenvalue weighted by atomic mass is 35.5. The lowest BCUT2D eigenvalue weighted by molar-refractivity contribution is -0.129. The average molecular weight is 683 g/mol. The molecule has 47 heavy (non-hydrogen) atoms. The minimum atomic E-state index is -0.481. The summed E-state index contributed by atoms with van der Waals surface area (Å²) < 4.78 is 21.1. The zero-order chi connectivity index (χ0) is 33.5. The number of amides is 1. The lowest BCUT2D eigenvalue weighted by Crippen LogP contribution is -2.44. The van der Waals surface area contributed by atoms with Crippen LogP contribution >= 0.6 is 23.2 Å². The Bertz CT molecular complexity index is 1720. The molecular formula is C34H38Cl2FN7O3. The van der Waals surface area contributed by atoms with Crippen molar-refractivity contribution in [1.29, 1.82) is 0 Å². The van der Waals surface area contributed by atoms with E-state index < -0.39 is 11.9 Å². The molecule has 1 aliphatic rings. The number of nitrogens with one attached hydrogen (secondary N) is 3. The molecule has 1 saturated heterocycles. The van der Waals surface area contributed by atoms with Crippen LogP contribution in [0.1, 0.15) is 37.8 Å². The van der Waals surface area contributed by atoms with Gasteiger partial charge in [0.1, 0.15) is 0 Å². The summed E-state index contributed by atoms with van der Waals surface area (Å²) in [6.07, 6.45) is 4.33. The predicted octanol–water partition coefficient (Wildman–Crippen LogP) is 5.97. The van der Waals surface area contributed by atoms with Crippen LogP contribution in [0.25, 0.3) is 22.5 Å². The molecule has 1 amide bonds. The smallest absolute Gasteiger partial charge is 0.219 e. The predicted molar refractivity (Wildman–Crippen MR) is 182 cm³/mol. The zero-order valence-corrected chi connectivity index (χ0v) is 28.0. The standard InChI is InChI=1S/C34H38Cl2FN7O3/c1-20(45)17-38-18-23-7-8-27(43-34(23)47-3)25-10-14-39-32(30(25)36)26-5-4-6-28(29(26)35)42-33-31(37)22(9-13-40-33)19-41-24-11-15-44(16-12-24)21(2)46/h4-10,13-14,20,24,38,41,45H,11-12,15-19H2,1-3H3,(H,40,42). The molecule has 0 radical (unpaired) electrons. The molecule has 0 saturated carbocycles. The van der Waals surface area contributed by atoms with Gasteiger partial charge < -0.3 is 30.7 Å². The Labute approximate surface area is 283 Å². The van der Waals surface area contributed by atoms with Gasteiger partial charge in [0.15, 0.2) is 11.6 Å². The maximum Gasteiger partial charge on any atom is 0.219 e.